The number of halogens is 1. The van der Waals surface area contributed by atoms with Crippen molar-refractivity contribution in [3.05, 3.63) is 93.4 Å². The summed E-state index contributed by atoms with van der Waals surface area (Å²) in [6.07, 6.45) is 0.293. The highest BCUT2D eigenvalue weighted by Crippen LogP contribution is 2.31. The highest BCUT2D eigenvalue weighted by molar-refractivity contribution is 7.10. The predicted octanol–water partition coefficient (Wildman–Crippen LogP) is 4.26. The second-order valence-electron chi connectivity index (χ2n) is 6.93. The lowest BCUT2D eigenvalue weighted by Crippen LogP contribution is -2.52. The molecule has 1 amide bonds. The van der Waals surface area contributed by atoms with Gasteiger partial charge in [-0.3, -0.25) is 4.79 Å². The normalized spacial score (nSPS) is 19.4. The molecular weight excluding hydrogens is 377 g/mol. The summed E-state index contributed by atoms with van der Waals surface area (Å²) in [5, 5.41) is 4.90. The number of fused-ring (bicyclic) bond motifs is 1. The average Bonchev–Trinajstić information content (AvgIpc) is 3.21. The fourth-order valence-electron chi connectivity index (χ4n) is 3.37. The molecular formula is C22H18FNO3S. The molecule has 2 aromatic carbocycles. The average molecular weight is 395 g/mol. The lowest BCUT2D eigenvalue weighted by Gasteiger charge is -2.34. The molecule has 2 heterocycles. The molecule has 0 bridgehead atoms. The molecule has 2 atom stereocenters. The van der Waals surface area contributed by atoms with Crippen LogP contribution in [0.15, 0.2) is 66.0 Å². The number of hydrogen-bond donors (Lipinski definition) is 1. The van der Waals surface area contributed by atoms with Crippen molar-refractivity contribution in [2.75, 3.05) is 0 Å². The third-order valence-corrected chi connectivity index (χ3v) is 5.81. The number of carbonyl (C=O) groups excluding carboxylic acids is 2. The van der Waals surface area contributed by atoms with Crippen molar-refractivity contribution < 1.29 is 18.7 Å². The van der Waals surface area contributed by atoms with E-state index in [1.807, 2.05) is 29.6 Å². The van der Waals surface area contributed by atoms with Crippen LogP contribution in [0.4, 0.5) is 4.39 Å². The number of cyclic esters (lactones) is 1. The molecule has 0 unspecified atom stereocenters. The Balaban J connectivity index is 1.63. The standard InChI is InChI=1S/C22H18FNO3S/c1-22(13-15-5-2-3-6-17(15)20(25)27-22)21(26)24-19(18-7-4-12-28-18)14-8-10-16(23)11-9-14/h2-12,19H,13H2,1H3,(H,24,26)/t19-,22-/m0/s1. The zero-order valence-electron chi connectivity index (χ0n) is 15.1. The highest BCUT2D eigenvalue weighted by Gasteiger charge is 2.43. The van der Waals surface area contributed by atoms with E-state index in [9.17, 15) is 14.0 Å². The maximum atomic E-state index is 13.3. The number of benzene rings is 2. The summed E-state index contributed by atoms with van der Waals surface area (Å²) in [7, 11) is 0. The van der Waals surface area contributed by atoms with E-state index in [4.69, 9.17) is 4.74 Å². The molecule has 0 saturated carbocycles. The number of ether oxygens (including phenoxy) is 1. The molecule has 0 fully saturated rings. The monoisotopic (exact) mass is 395 g/mol. The molecule has 1 aromatic heterocycles. The van der Waals surface area contributed by atoms with E-state index in [-0.39, 0.29) is 5.82 Å². The summed E-state index contributed by atoms with van der Waals surface area (Å²) in [5.74, 6) is -1.24. The van der Waals surface area contributed by atoms with Gasteiger partial charge in [0.2, 0.25) is 0 Å². The Morgan fingerprint density at radius 2 is 1.89 bits per heavy atom. The van der Waals surface area contributed by atoms with Crippen LogP contribution in [0.2, 0.25) is 0 Å². The minimum Gasteiger partial charge on any atom is -0.445 e. The largest absolute Gasteiger partial charge is 0.445 e. The van der Waals surface area contributed by atoms with Gasteiger partial charge in [-0.1, -0.05) is 36.4 Å². The van der Waals surface area contributed by atoms with E-state index in [0.29, 0.717) is 12.0 Å². The Morgan fingerprint density at radius 3 is 2.61 bits per heavy atom. The van der Waals surface area contributed by atoms with Crippen LogP contribution < -0.4 is 5.32 Å². The van der Waals surface area contributed by atoms with Gasteiger partial charge in [0.15, 0.2) is 5.60 Å². The van der Waals surface area contributed by atoms with Gasteiger partial charge < -0.3 is 10.1 Å². The van der Waals surface area contributed by atoms with Crippen LogP contribution in [0.25, 0.3) is 0 Å². The molecule has 6 heteroatoms. The van der Waals surface area contributed by atoms with Gasteiger partial charge in [0.25, 0.3) is 5.91 Å². The summed E-state index contributed by atoms with van der Waals surface area (Å²) in [5.41, 5.74) is 0.705. The van der Waals surface area contributed by atoms with Crippen molar-refractivity contribution in [1.29, 1.82) is 0 Å². The third kappa shape index (κ3) is 3.43. The number of thiophene rings is 1. The molecule has 4 nitrogen and oxygen atoms in total. The van der Waals surface area contributed by atoms with Crippen LogP contribution in [-0.2, 0) is 16.0 Å². The molecule has 4 rings (SSSR count). The lowest BCUT2D eigenvalue weighted by atomic mass is 9.89. The molecule has 142 valence electrons. The van der Waals surface area contributed by atoms with Crippen molar-refractivity contribution >= 4 is 23.2 Å². The van der Waals surface area contributed by atoms with Gasteiger partial charge in [-0.2, -0.15) is 0 Å². The maximum absolute atomic E-state index is 13.3. The molecule has 0 saturated heterocycles. The van der Waals surface area contributed by atoms with Crippen molar-refractivity contribution in [2.24, 2.45) is 0 Å². The molecule has 1 aliphatic heterocycles. The van der Waals surface area contributed by atoms with Crippen LogP contribution in [-0.4, -0.2) is 17.5 Å². The van der Waals surface area contributed by atoms with Crippen LogP contribution in [0, 0.1) is 5.82 Å². The van der Waals surface area contributed by atoms with E-state index >= 15 is 0 Å². The Kier molecular flexibility index (Phi) is 4.73. The van der Waals surface area contributed by atoms with Crippen LogP contribution in [0.1, 0.15) is 39.3 Å². The van der Waals surface area contributed by atoms with Gasteiger partial charge in [-0.05, 0) is 47.7 Å². The van der Waals surface area contributed by atoms with Crippen molar-refractivity contribution in [2.45, 2.75) is 25.0 Å². The minimum atomic E-state index is -1.32. The summed E-state index contributed by atoms with van der Waals surface area (Å²) >= 11 is 1.49. The van der Waals surface area contributed by atoms with E-state index in [1.165, 1.54) is 23.5 Å². The molecule has 0 aliphatic carbocycles. The molecule has 3 aromatic rings. The SMILES string of the molecule is C[C@@]1(C(=O)N[C@@H](c2ccc(F)cc2)c2cccs2)Cc2ccccc2C(=O)O1. The van der Waals surface area contributed by atoms with E-state index in [2.05, 4.69) is 5.32 Å². The highest BCUT2D eigenvalue weighted by atomic mass is 32.1. The number of rotatable bonds is 4. The Morgan fingerprint density at radius 1 is 1.14 bits per heavy atom. The summed E-state index contributed by atoms with van der Waals surface area (Å²) in [6, 6.07) is 16.5. The van der Waals surface area contributed by atoms with Crippen LogP contribution in [0.3, 0.4) is 0 Å². The van der Waals surface area contributed by atoms with Crippen molar-refractivity contribution in [3.8, 4) is 0 Å². The first-order valence-electron chi connectivity index (χ1n) is 8.87. The molecule has 1 N–H and O–H groups in total. The van der Waals surface area contributed by atoms with Crippen molar-refractivity contribution in [1.82, 2.24) is 5.32 Å². The fourth-order valence-corrected chi connectivity index (χ4v) is 4.18. The third-order valence-electron chi connectivity index (χ3n) is 4.87. The summed E-state index contributed by atoms with van der Waals surface area (Å²) in [6.45, 7) is 1.62. The number of amides is 1. The smallest absolute Gasteiger partial charge is 0.339 e. The second-order valence-corrected chi connectivity index (χ2v) is 7.91. The first-order chi connectivity index (χ1) is 13.5. The van der Waals surface area contributed by atoms with Gasteiger partial charge in [-0.25, -0.2) is 9.18 Å². The van der Waals surface area contributed by atoms with Gasteiger partial charge in [0.1, 0.15) is 5.82 Å². The zero-order valence-corrected chi connectivity index (χ0v) is 16.0. The van der Waals surface area contributed by atoms with Gasteiger partial charge in [-0.15, -0.1) is 11.3 Å². The first-order valence-corrected chi connectivity index (χ1v) is 9.75. The number of carbonyl (C=O) groups is 2. The summed E-state index contributed by atoms with van der Waals surface area (Å²) in [4.78, 5) is 26.5. The molecule has 28 heavy (non-hydrogen) atoms. The lowest BCUT2D eigenvalue weighted by molar-refractivity contribution is -0.140. The van der Waals surface area contributed by atoms with E-state index < -0.39 is 23.5 Å². The van der Waals surface area contributed by atoms with E-state index in [1.54, 1.807) is 31.2 Å². The van der Waals surface area contributed by atoms with Crippen LogP contribution in [0.5, 0.6) is 0 Å². The number of esters is 1. The van der Waals surface area contributed by atoms with Crippen LogP contribution >= 0.6 is 11.3 Å². The molecule has 0 spiro atoms. The molecule has 0 radical (unpaired) electrons. The summed E-state index contributed by atoms with van der Waals surface area (Å²) < 4.78 is 18.9. The Labute approximate surface area is 166 Å². The number of hydrogen-bond acceptors (Lipinski definition) is 4. The predicted molar refractivity (Wildman–Crippen MR) is 105 cm³/mol. The van der Waals surface area contributed by atoms with Crippen molar-refractivity contribution in [3.63, 3.8) is 0 Å². The Hall–Kier alpha value is -2.99. The molecule has 1 aliphatic rings. The second kappa shape index (κ2) is 7.20. The number of nitrogens with one attached hydrogen (secondary N) is 1. The first kappa shape index (κ1) is 18.4. The van der Waals surface area contributed by atoms with Gasteiger partial charge in [0, 0.05) is 11.3 Å². The van der Waals surface area contributed by atoms with E-state index in [0.717, 1.165) is 16.0 Å². The fraction of sp³-hybridized carbons (Fsp3) is 0.182. The zero-order chi connectivity index (χ0) is 19.7. The quantitative estimate of drug-likeness (QED) is 0.672. The topological polar surface area (TPSA) is 55.4 Å². The van der Waals surface area contributed by atoms with Gasteiger partial charge >= 0.3 is 5.97 Å². The van der Waals surface area contributed by atoms with Gasteiger partial charge in [0.05, 0.1) is 11.6 Å². The Bertz CT molecular complexity index is 1020. The maximum Gasteiger partial charge on any atom is 0.339 e. The minimum absolute atomic E-state index is 0.293.